The predicted molar refractivity (Wildman–Crippen MR) is 113 cm³/mol. The minimum atomic E-state index is -0.720. The third kappa shape index (κ3) is 4.28. The number of halogens is 1. The molecule has 5 nitrogen and oxygen atoms in total. The van der Waals surface area contributed by atoms with Crippen molar-refractivity contribution in [2.45, 2.75) is 18.3 Å². The molecule has 0 spiro atoms. The van der Waals surface area contributed by atoms with Crippen LogP contribution in [0.15, 0.2) is 48.5 Å². The molecule has 2 fully saturated rings. The topological polar surface area (TPSA) is 44.8 Å². The normalized spacial score (nSPS) is 18.5. The molecular weight excluding hydrogens is 369 g/mol. The van der Waals surface area contributed by atoms with Gasteiger partial charge in [-0.05, 0) is 43.2 Å². The molecule has 2 aromatic carbocycles. The van der Waals surface area contributed by atoms with Gasteiger partial charge in [-0.2, -0.15) is 0 Å². The molecule has 1 N–H and O–H groups in total. The quantitative estimate of drug-likeness (QED) is 0.779. The van der Waals surface area contributed by atoms with Crippen molar-refractivity contribution in [2.75, 3.05) is 56.7 Å². The van der Waals surface area contributed by atoms with E-state index in [4.69, 9.17) is 4.74 Å². The van der Waals surface area contributed by atoms with Gasteiger partial charge in [0.15, 0.2) is 0 Å². The van der Waals surface area contributed by atoms with Gasteiger partial charge >= 0.3 is 0 Å². The van der Waals surface area contributed by atoms with Gasteiger partial charge in [-0.3, -0.25) is 9.69 Å². The van der Waals surface area contributed by atoms with Gasteiger partial charge in [-0.1, -0.05) is 18.2 Å². The summed E-state index contributed by atoms with van der Waals surface area (Å²) in [5.74, 6) is -0.428. The minimum Gasteiger partial charge on any atom is -0.383 e. The van der Waals surface area contributed by atoms with Gasteiger partial charge in [0.1, 0.15) is 5.82 Å². The number of nitrogens with zero attached hydrogens (tertiary/aromatic N) is 2. The lowest BCUT2D eigenvalue weighted by molar-refractivity contribution is -0.118. The number of rotatable bonds is 7. The van der Waals surface area contributed by atoms with Crippen molar-refractivity contribution in [3.8, 4) is 0 Å². The van der Waals surface area contributed by atoms with Crippen molar-refractivity contribution in [1.29, 1.82) is 0 Å². The average molecular weight is 397 g/mol. The number of piperazine rings is 1. The number of amides is 1. The van der Waals surface area contributed by atoms with Crippen LogP contribution in [0.1, 0.15) is 18.4 Å². The highest BCUT2D eigenvalue weighted by molar-refractivity contribution is 6.01. The molecule has 1 aliphatic heterocycles. The largest absolute Gasteiger partial charge is 0.383 e. The Labute approximate surface area is 171 Å². The number of ether oxygens (including phenoxy) is 1. The highest BCUT2D eigenvalue weighted by Gasteiger charge is 2.52. The third-order valence-electron chi connectivity index (χ3n) is 6.05. The van der Waals surface area contributed by atoms with Crippen LogP contribution in [0, 0.1) is 5.82 Å². The maximum atomic E-state index is 14.2. The van der Waals surface area contributed by atoms with Gasteiger partial charge < -0.3 is 15.0 Å². The molecule has 0 bridgehead atoms. The van der Waals surface area contributed by atoms with E-state index in [0.29, 0.717) is 18.4 Å². The molecule has 0 atom stereocenters. The summed E-state index contributed by atoms with van der Waals surface area (Å²) in [7, 11) is 1.73. The number of hydrogen-bond donors (Lipinski definition) is 1. The summed E-state index contributed by atoms with van der Waals surface area (Å²) in [5.41, 5.74) is 1.69. The van der Waals surface area contributed by atoms with Crippen molar-refractivity contribution in [3.05, 3.63) is 59.9 Å². The smallest absolute Gasteiger partial charge is 0.235 e. The molecule has 2 aliphatic rings. The molecule has 0 aromatic heterocycles. The molecule has 0 unspecified atom stereocenters. The first kappa shape index (κ1) is 19.9. The second-order valence-electron chi connectivity index (χ2n) is 7.88. The zero-order valence-corrected chi connectivity index (χ0v) is 16.9. The first-order chi connectivity index (χ1) is 14.1. The lowest BCUT2D eigenvalue weighted by Gasteiger charge is -2.36. The van der Waals surface area contributed by atoms with Gasteiger partial charge in [0.05, 0.1) is 12.0 Å². The third-order valence-corrected chi connectivity index (χ3v) is 6.05. The lowest BCUT2D eigenvalue weighted by Crippen LogP contribution is -2.47. The number of benzene rings is 2. The molecule has 0 radical (unpaired) electrons. The van der Waals surface area contributed by atoms with Crippen LogP contribution in [0.3, 0.4) is 0 Å². The first-order valence-electron chi connectivity index (χ1n) is 10.3. The van der Waals surface area contributed by atoms with E-state index >= 15 is 0 Å². The van der Waals surface area contributed by atoms with E-state index in [2.05, 4.69) is 15.1 Å². The zero-order valence-electron chi connectivity index (χ0n) is 16.9. The highest BCUT2D eigenvalue weighted by atomic mass is 19.1. The standard InChI is InChI=1S/C23H28FN3O2/c1-29-17-16-26-12-14-27(15-13-26)19-8-6-18(7-9-19)25-22(28)23(10-11-23)20-4-2-3-5-21(20)24/h2-9H,10-17H2,1H3,(H,25,28). The summed E-state index contributed by atoms with van der Waals surface area (Å²) in [6.07, 6.45) is 1.37. The van der Waals surface area contributed by atoms with E-state index in [1.54, 1.807) is 25.3 Å². The molecular formula is C23H28FN3O2. The fourth-order valence-corrected chi connectivity index (χ4v) is 4.05. The van der Waals surface area contributed by atoms with E-state index in [-0.39, 0.29) is 11.7 Å². The maximum Gasteiger partial charge on any atom is 0.235 e. The van der Waals surface area contributed by atoms with Crippen LogP contribution in [-0.4, -0.2) is 57.2 Å². The predicted octanol–water partition coefficient (Wildman–Crippen LogP) is 3.26. The SMILES string of the molecule is COCCN1CCN(c2ccc(NC(=O)C3(c4ccccc4F)CC3)cc2)CC1. The number of carbonyl (C=O) groups excluding carboxylic acids is 1. The number of anilines is 2. The molecule has 6 heteroatoms. The van der Waals surface area contributed by atoms with Crippen molar-refractivity contribution < 1.29 is 13.9 Å². The van der Waals surface area contributed by atoms with Crippen LogP contribution >= 0.6 is 0 Å². The Bertz CT molecular complexity index is 843. The van der Waals surface area contributed by atoms with Gasteiger partial charge in [0.25, 0.3) is 0 Å². The molecule has 1 saturated heterocycles. The average Bonchev–Trinajstić information content (AvgIpc) is 3.55. The Morgan fingerprint density at radius 3 is 2.38 bits per heavy atom. The second kappa shape index (κ2) is 8.51. The summed E-state index contributed by atoms with van der Waals surface area (Å²) in [6, 6.07) is 14.5. The monoisotopic (exact) mass is 397 g/mol. The molecule has 29 heavy (non-hydrogen) atoms. The van der Waals surface area contributed by atoms with E-state index < -0.39 is 5.41 Å². The summed E-state index contributed by atoms with van der Waals surface area (Å²) in [6.45, 7) is 5.74. The van der Waals surface area contributed by atoms with Gasteiger partial charge in [0.2, 0.25) is 5.91 Å². The Hall–Kier alpha value is -2.44. The van der Waals surface area contributed by atoms with E-state index in [9.17, 15) is 9.18 Å². The summed E-state index contributed by atoms with van der Waals surface area (Å²) < 4.78 is 19.3. The van der Waals surface area contributed by atoms with Crippen LogP contribution in [-0.2, 0) is 14.9 Å². The molecule has 2 aromatic rings. The Morgan fingerprint density at radius 2 is 1.76 bits per heavy atom. The number of nitrogens with one attached hydrogen (secondary N) is 1. The number of hydrogen-bond acceptors (Lipinski definition) is 4. The molecule has 4 rings (SSSR count). The van der Waals surface area contributed by atoms with Crippen LogP contribution in [0.5, 0.6) is 0 Å². The van der Waals surface area contributed by atoms with Crippen LogP contribution in [0.4, 0.5) is 15.8 Å². The molecule has 1 saturated carbocycles. The fourth-order valence-electron chi connectivity index (χ4n) is 4.05. The van der Waals surface area contributed by atoms with Crippen molar-refractivity contribution in [1.82, 2.24) is 4.90 Å². The minimum absolute atomic E-state index is 0.123. The van der Waals surface area contributed by atoms with Gasteiger partial charge in [-0.25, -0.2) is 4.39 Å². The van der Waals surface area contributed by atoms with Crippen molar-refractivity contribution in [2.24, 2.45) is 0 Å². The maximum absolute atomic E-state index is 14.2. The summed E-state index contributed by atoms with van der Waals surface area (Å²) in [4.78, 5) is 17.6. The Balaban J connectivity index is 1.36. The highest BCUT2D eigenvalue weighted by Crippen LogP contribution is 2.49. The van der Waals surface area contributed by atoms with Crippen LogP contribution < -0.4 is 10.2 Å². The molecule has 1 amide bonds. The Morgan fingerprint density at radius 1 is 1.07 bits per heavy atom. The Kier molecular flexibility index (Phi) is 5.83. The number of methoxy groups -OCH3 is 1. The van der Waals surface area contributed by atoms with Crippen molar-refractivity contribution in [3.63, 3.8) is 0 Å². The summed E-state index contributed by atoms with van der Waals surface area (Å²) in [5, 5.41) is 2.98. The summed E-state index contributed by atoms with van der Waals surface area (Å²) >= 11 is 0. The fraction of sp³-hybridized carbons (Fsp3) is 0.435. The molecule has 1 heterocycles. The molecule has 154 valence electrons. The lowest BCUT2D eigenvalue weighted by atomic mass is 9.94. The zero-order chi connectivity index (χ0) is 20.3. The van der Waals surface area contributed by atoms with Gasteiger partial charge in [-0.15, -0.1) is 0 Å². The van der Waals surface area contributed by atoms with E-state index in [1.807, 2.05) is 24.3 Å². The molecule has 1 aliphatic carbocycles. The van der Waals surface area contributed by atoms with Crippen LogP contribution in [0.25, 0.3) is 0 Å². The van der Waals surface area contributed by atoms with E-state index in [1.165, 1.54) is 6.07 Å². The van der Waals surface area contributed by atoms with Crippen LogP contribution in [0.2, 0.25) is 0 Å². The second-order valence-corrected chi connectivity index (χ2v) is 7.88. The van der Waals surface area contributed by atoms with E-state index in [0.717, 1.165) is 50.7 Å². The number of carbonyl (C=O) groups is 1. The van der Waals surface area contributed by atoms with Gasteiger partial charge in [0, 0.05) is 56.8 Å². The van der Waals surface area contributed by atoms with Crippen molar-refractivity contribution >= 4 is 17.3 Å². The first-order valence-corrected chi connectivity index (χ1v) is 10.3.